The average molecular weight is 268 g/mol. The van der Waals surface area contributed by atoms with Gasteiger partial charge in [0.1, 0.15) is 0 Å². The lowest BCUT2D eigenvalue weighted by Crippen LogP contribution is -2.51. The van der Waals surface area contributed by atoms with Gasteiger partial charge < -0.3 is 10.0 Å². The fourth-order valence-electron chi connectivity index (χ4n) is 3.42. The number of carbonyl (C=O) groups excluding carboxylic acids is 1. The van der Waals surface area contributed by atoms with Gasteiger partial charge >= 0.3 is 0 Å². The van der Waals surface area contributed by atoms with Crippen LogP contribution in [0, 0.1) is 5.92 Å². The number of hydrogen-bond acceptors (Lipinski definition) is 3. The van der Waals surface area contributed by atoms with Crippen molar-refractivity contribution < 1.29 is 9.90 Å². The second-order valence-electron chi connectivity index (χ2n) is 6.13. The number of carbonyl (C=O) groups is 1. The maximum Gasteiger partial charge on any atom is 0.236 e. The normalized spacial score (nSPS) is 30.1. The summed E-state index contributed by atoms with van der Waals surface area (Å²) in [4.78, 5) is 16.6. The van der Waals surface area contributed by atoms with Gasteiger partial charge in [0.05, 0.1) is 13.2 Å². The highest BCUT2D eigenvalue weighted by Gasteiger charge is 2.30. The van der Waals surface area contributed by atoms with E-state index in [2.05, 4.69) is 11.8 Å². The molecule has 1 amide bonds. The van der Waals surface area contributed by atoms with Crippen LogP contribution in [0.4, 0.5) is 0 Å². The highest BCUT2D eigenvalue weighted by atomic mass is 16.3. The molecule has 0 radical (unpaired) electrons. The summed E-state index contributed by atoms with van der Waals surface area (Å²) < 4.78 is 0. The summed E-state index contributed by atoms with van der Waals surface area (Å²) >= 11 is 0. The predicted octanol–water partition coefficient (Wildman–Crippen LogP) is 1.48. The molecule has 0 aromatic carbocycles. The topological polar surface area (TPSA) is 43.8 Å². The van der Waals surface area contributed by atoms with Crippen molar-refractivity contribution >= 4 is 5.91 Å². The van der Waals surface area contributed by atoms with E-state index >= 15 is 0 Å². The third kappa shape index (κ3) is 3.93. The number of rotatable bonds is 3. The number of nitrogens with zero attached hydrogens (tertiary/aromatic N) is 2. The lowest BCUT2D eigenvalue weighted by Gasteiger charge is -2.39. The molecule has 1 N–H and O–H groups in total. The van der Waals surface area contributed by atoms with E-state index in [-0.39, 0.29) is 18.6 Å². The number of amides is 1. The zero-order valence-electron chi connectivity index (χ0n) is 12.2. The van der Waals surface area contributed by atoms with Gasteiger partial charge in [-0.2, -0.15) is 0 Å². The number of likely N-dealkylation sites (tertiary alicyclic amines) is 2. The van der Waals surface area contributed by atoms with E-state index in [1.54, 1.807) is 0 Å². The van der Waals surface area contributed by atoms with E-state index in [0.29, 0.717) is 12.5 Å². The summed E-state index contributed by atoms with van der Waals surface area (Å²) in [5, 5.41) is 9.53. The van der Waals surface area contributed by atoms with Crippen molar-refractivity contribution in [2.24, 2.45) is 5.92 Å². The molecule has 2 aliphatic heterocycles. The average Bonchev–Trinajstić information content (AvgIpc) is 2.68. The van der Waals surface area contributed by atoms with Gasteiger partial charge in [0.15, 0.2) is 0 Å². The summed E-state index contributed by atoms with van der Waals surface area (Å²) in [5.41, 5.74) is 0. The molecule has 0 aromatic rings. The largest absolute Gasteiger partial charge is 0.395 e. The molecule has 110 valence electrons. The third-order valence-corrected chi connectivity index (χ3v) is 4.71. The first-order chi connectivity index (χ1) is 9.22. The Morgan fingerprint density at radius 2 is 1.79 bits per heavy atom. The van der Waals surface area contributed by atoms with Gasteiger partial charge in [0.2, 0.25) is 5.91 Å². The molecule has 2 unspecified atom stereocenters. The van der Waals surface area contributed by atoms with Gasteiger partial charge in [-0.1, -0.05) is 19.8 Å². The zero-order chi connectivity index (χ0) is 13.7. The van der Waals surface area contributed by atoms with Crippen LogP contribution in [-0.4, -0.2) is 59.6 Å². The maximum atomic E-state index is 12.4. The van der Waals surface area contributed by atoms with Crippen LogP contribution >= 0.6 is 0 Å². The summed E-state index contributed by atoms with van der Waals surface area (Å²) in [7, 11) is 0. The maximum absolute atomic E-state index is 12.4. The Morgan fingerprint density at radius 1 is 1.11 bits per heavy atom. The highest BCUT2D eigenvalue weighted by molar-refractivity contribution is 5.78. The Morgan fingerprint density at radius 3 is 2.42 bits per heavy atom. The first-order valence-corrected chi connectivity index (χ1v) is 7.85. The van der Waals surface area contributed by atoms with E-state index in [4.69, 9.17) is 0 Å². The van der Waals surface area contributed by atoms with Crippen LogP contribution in [0.2, 0.25) is 0 Å². The molecule has 0 bridgehead atoms. The molecular weight excluding hydrogens is 240 g/mol. The molecule has 2 aliphatic rings. The minimum atomic E-state index is 0.171. The molecule has 2 fully saturated rings. The molecule has 2 atom stereocenters. The Hall–Kier alpha value is -0.610. The fraction of sp³-hybridized carbons (Fsp3) is 0.933. The second kappa shape index (κ2) is 7.25. The van der Waals surface area contributed by atoms with Crippen molar-refractivity contribution in [1.29, 1.82) is 0 Å². The van der Waals surface area contributed by atoms with Crippen LogP contribution < -0.4 is 0 Å². The summed E-state index contributed by atoms with van der Waals surface area (Å²) in [5.74, 6) is 0.755. The minimum absolute atomic E-state index is 0.171. The fourth-order valence-corrected chi connectivity index (χ4v) is 3.42. The lowest BCUT2D eigenvalue weighted by atomic mass is 9.91. The van der Waals surface area contributed by atoms with Crippen molar-refractivity contribution in [3.63, 3.8) is 0 Å². The molecular formula is C15H28N2O2. The van der Waals surface area contributed by atoms with E-state index in [1.165, 1.54) is 19.3 Å². The number of aliphatic hydroxyl groups is 1. The van der Waals surface area contributed by atoms with Gasteiger partial charge in [-0.05, 0) is 38.1 Å². The first kappa shape index (κ1) is 14.8. The Bertz CT molecular complexity index is 288. The van der Waals surface area contributed by atoms with Crippen LogP contribution in [0.5, 0.6) is 0 Å². The van der Waals surface area contributed by atoms with Crippen LogP contribution in [0.15, 0.2) is 0 Å². The van der Waals surface area contributed by atoms with Gasteiger partial charge in [-0.3, -0.25) is 9.69 Å². The Labute approximate surface area is 116 Å². The molecule has 0 saturated carbocycles. The number of aliphatic hydroxyl groups excluding tert-OH is 1. The molecule has 2 heterocycles. The van der Waals surface area contributed by atoms with E-state index in [1.807, 2.05) is 4.90 Å². The van der Waals surface area contributed by atoms with E-state index in [0.717, 1.165) is 38.9 Å². The van der Waals surface area contributed by atoms with Gasteiger partial charge in [0.25, 0.3) is 0 Å². The van der Waals surface area contributed by atoms with Crippen molar-refractivity contribution in [2.45, 2.75) is 51.5 Å². The van der Waals surface area contributed by atoms with Gasteiger partial charge in [-0.25, -0.2) is 0 Å². The molecule has 4 heteroatoms. The first-order valence-electron chi connectivity index (χ1n) is 7.85. The minimum Gasteiger partial charge on any atom is -0.395 e. The van der Waals surface area contributed by atoms with Gasteiger partial charge in [0, 0.05) is 19.1 Å². The lowest BCUT2D eigenvalue weighted by molar-refractivity contribution is -0.134. The Balaban J connectivity index is 1.89. The molecule has 2 rings (SSSR count). The second-order valence-corrected chi connectivity index (χ2v) is 6.13. The number of piperidine rings is 1. The van der Waals surface area contributed by atoms with Crippen molar-refractivity contribution in [2.75, 3.05) is 32.8 Å². The Kier molecular flexibility index (Phi) is 5.64. The zero-order valence-corrected chi connectivity index (χ0v) is 12.2. The summed E-state index contributed by atoms with van der Waals surface area (Å²) in [6, 6.07) is 0.171. The van der Waals surface area contributed by atoms with Crippen molar-refractivity contribution in [3.05, 3.63) is 0 Å². The summed E-state index contributed by atoms with van der Waals surface area (Å²) in [6.07, 6.45) is 7.11. The van der Waals surface area contributed by atoms with Crippen LogP contribution in [0.25, 0.3) is 0 Å². The predicted molar refractivity (Wildman–Crippen MR) is 75.9 cm³/mol. The third-order valence-electron chi connectivity index (χ3n) is 4.71. The number of hydrogen-bond donors (Lipinski definition) is 1. The molecule has 19 heavy (non-hydrogen) atoms. The highest BCUT2D eigenvalue weighted by Crippen LogP contribution is 2.23. The molecule has 0 aliphatic carbocycles. The smallest absolute Gasteiger partial charge is 0.236 e. The SMILES string of the molecule is CC1CCCN(CC(=O)N2CCCCCC2)C1CO. The molecule has 0 spiro atoms. The molecule has 0 aromatic heterocycles. The molecule has 2 saturated heterocycles. The van der Waals surface area contributed by atoms with Crippen LogP contribution in [0.3, 0.4) is 0 Å². The van der Waals surface area contributed by atoms with Crippen LogP contribution in [-0.2, 0) is 4.79 Å². The monoisotopic (exact) mass is 268 g/mol. The van der Waals surface area contributed by atoms with Crippen molar-refractivity contribution in [1.82, 2.24) is 9.80 Å². The summed E-state index contributed by atoms with van der Waals surface area (Å²) in [6.45, 7) is 5.65. The van der Waals surface area contributed by atoms with E-state index in [9.17, 15) is 9.90 Å². The van der Waals surface area contributed by atoms with Crippen molar-refractivity contribution in [3.8, 4) is 0 Å². The van der Waals surface area contributed by atoms with E-state index < -0.39 is 0 Å². The van der Waals surface area contributed by atoms with Gasteiger partial charge in [-0.15, -0.1) is 0 Å². The molecule has 4 nitrogen and oxygen atoms in total. The quantitative estimate of drug-likeness (QED) is 0.843. The van der Waals surface area contributed by atoms with Crippen LogP contribution in [0.1, 0.15) is 45.4 Å². The standard InChI is InChI=1S/C15H28N2O2/c1-13-7-6-10-17(14(13)12-18)11-15(19)16-8-4-2-3-5-9-16/h13-14,18H,2-12H2,1H3.